The Morgan fingerprint density at radius 1 is 0.710 bits per heavy atom. The molecule has 6 aromatic rings. The van der Waals surface area contributed by atoms with Crippen LogP contribution in [0.5, 0.6) is 0 Å². The number of fused-ring (bicyclic) bond motifs is 2. The summed E-state index contributed by atoms with van der Waals surface area (Å²) >= 11 is 5.36. The van der Waals surface area contributed by atoms with Crippen LogP contribution in [0.4, 0.5) is 41.1 Å². The zero-order valence-electron chi connectivity index (χ0n) is 32.9. The molecule has 2 aliphatic rings. The fraction of sp³-hybridized carbons (Fsp3) is 0.316. The summed E-state index contributed by atoms with van der Waals surface area (Å²) in [5, 5.41) is 6.79. The van der Waals surface area contributed by atoms with E-state index in [1.54, 1.807) is 0 Å². The number of furan rings is 2. The fourth-order valence-corrected chi connectivity index (χ4v) is 9.18. The van der Waals surface area contributed by atoms with Crippen molar-refractivity contribution in [2.45, 2.75) is 37.8 Å². The van der Waals surface area contributed by atoms with Gasteiger partial charge in [-0.1, -0.05) is 12.2 Å². The highest BCUT2D eigenvalue weighted by Gasteiger charge is 2.29. The number of sulfonamides is 2. The van der Waals surface area contributed by atoms with Crippen molar-refractivity contribution < 1.29 is 48.0 Å². The minimum Gasteiger partial charge on any atom is -0.464 e. The number of thiocarbonyl (C=S) groups is 1. The van der Waals surface area contributed by atoms with Gasteiger partial charge in [0.2, 0.25) is 37.7 Å². The van der Waals surface area contributed by atoms with Gasteiger partial charge in [0, 0.05) is 61.4 Å². The van der Waals surface area contributed by atoms with Crippen molar-refractivity contribution in [2.75, 3.05) is 60.8 Å². The molecule has 0 spiro atoms. The van der Waals surface area contributed by atoms with Crippen LogP contribution in [0.3, 0.4) is 0 Å². The monoisotopic (exact) mass is 918 g/mol. The quantitative estimate of drug-likeness (QED) is 0.0816. The molecule has 328 valence electrons. The van der Waals surface area contributed by atoms with Crippen LogP contribution in [0.1, 0.15) is 52.7 Å². The molecule has 2 saturated heterocycles. The molecule has 0 saturated carbocycles. The Morgan fingerprint density at radius 3 is 1.53 bits per heavy atom. The second-order valence-electron chi connectivity index (χ2n) is 14.6. The van der Waals surface area contributed by atoms with Crippen LogP contribution in [0.15, 0.2) is 58.0 Å². The number of anilines is 4. The van der Waals surface area contributed by atoms with Crippen LogP contribution in [0.2, 0.25) is 0 Å². The number of aromatic nitrogens is 4. The van der Waals surface area contributed by atoms with E-state index >= 15 is 0 Å². The third-order valence-electron chi connectivity index (χ3n) is 10.4. The summed E-state index contributed by atoms with van der Waals surface area (Å²) in [5.41, 5.74) is 11.2. The molecule has 0 bridgehead atoms. The molecule has 24 heteroatoms. The van der Waals surface area contributed by atoms with Gasteiger partial charge >= 0.3 is 0 Å². The van der Waals surface area contributed by atoms with E-state index in [2.05, 4.69) is 30.6 Å². The minimum absolute atomic E-state index is 0.000519. The van der Waals surface area contributed by atoms with Crippen molar-refractivity contribution in [3.05, 3.63) is 94.7 Å². The second-order valence-corrected chi connectivity index (χ2v) is 19.0. The standard InChI is InChI=1S/C19H19F2N5O4S.C19H19F2N5O3S2/c1-31(28,29)26-5-2-11(3-6-26)24-19-23-9-12(18(22)25-19)16(27)14-15(21)13(20)8-10-4-7-30-17(10)14;1-31(27,28)26-5-2-11(3-6-26)24-19-23-9-12(18(22)25-19)17(30)14-15(21)13(20)8-10-4-7-29-16(10)14/h2*4,7-9,11H,2-3,5-6H2,1H3,(H3,22,23,24,25). The molecule has 6 heterocycles. The number of hydrogen-bond donors (Lipinski definition) is 4. The Labute approximate surface area is 357 Å². The van der Waals surface area contributed by atoms with Gasteiger partial charge in [0.05, 0.1) is 46.6 Å². The summed E-state index contributed by atoms with van der Waals surface area (Å²) in [6.07, 6.45) is 9.63. The predicted octanol–water partition coefficient (Wildman–Crippen LogP) is 4.84. The third kappa shape index (κ3) is 9.33. The number of carbonyl (C=O) groups excluding carboxylic acids is 1. The summed E-state index contributed by atoms with van der Waals surface area (Å²) in [5.74, 6) is -5.43. The number of rotatable bonds is 10. The number of nitrogens with zero attached hydrogens (tertiary/aromatic N) is 6. The molecule has 4 aromatic heterocycles. The van der Waals surface area contributed by atoms with Crippen LogP contribution < -0.4 is 22.1 Å². The van der Waals surface area contributed by atoms with E-state index in [0.29, 0.717) is 57.2 Å². The molecule has 2 aliphatic heterocycles. The van der Waals surface area contributed by atoms with E-state index < -0.39 is 54.7 Å². The van der Waals surface area contributed by atoms with Crippen LogP contribution in [0, 0.1) is 23.3 Å². The first kappa shape index (κ1) is 44.2. The van der Waals surface area contributed by atoms with E-state index in [4.69, 9.17) is 32.5 Å². The lowest BCUT2D eigenvalue weighted by Gasteiger charge is -2.30. The average molecular weight is 919 g/mol. The first-order valence-corrected chi connectivity index (χ1v) is 22.9. The van der Waals surface area contributed by atoms with Crippen molar-refractivity contribution in [2.24, 2.45) is 0 Å². The number of ketones is 1. The van der Waals surface area contributed by atoms with Gasteiger partial charge in [0.25, 0.3) is 0 Å². The maximum absolute atomic E-state index is 14.5. The van der Waals surface area contributed by atoms with E-state index in [0.717, 1.165) is 24.6 Å². The molecule has 0 amide bonds. The molecule has 0 atom stereocenters. The molecule has 2 aromatic carbocycles. The van der Waals surface area contributed by atoms with Crippen LogP contribution in [-0.2, 0) is 20.0 Å². The number of halogens is 4. The lowest BCUT2D eigenvalue weighted by atomic mass is 10.0. The van der Waals surface area contributed by atoms with Gasteiger partial charge in [0.15, 0.2) is 23.3 Å². The number of benzene rings is 2. The molecule has 2 fully saturated rings. The Hall–Kier alpha value is -5.82. The zero-order valence-corrected chi connectivity index (χ0v) is 35.3. The Bertz CT molecular complexity index is 2740. The third-order valence-corrected chi connectivity index (χ3v) is 13.4. The topological polar surface area (TPSA) is 246 Å². The maximum atomic E-state index is 14.5. The number of piperidine rings is 2. The lowest BCUT2D eigenvalue weighted by molar-refractivity contribution is 0.103. The largest absolute Gasteiger partial charge is 0.464 e. The van der Waals surface area contributed by atoms with Crippen LogP contribution in [-0.4, -0.2) is 107 Å². The Morgan fingerprint density at radius 2 is 1.11 bits per heavy atom. The van der Waals surface area contributed by atoms with Gasteiger partial charge in [-0.05, 0) is 49.9 Å². The molecule has 0 unspecified atom stereocenters. The molecule has 17 nitrogen and oxygen atoms in total. The SMILES string of the molecule is CS(=O)(=O)N1CCC(Nc2ncc(C(=O)c3c(F)c(F)cc4ccoc34)c(N)n2)CC1.CS(=O)(=O)N1CCC(Nc2ncc(C(=S)c3c(F)c(F)cc4ccoc34)c(N)n2)CC1. The van der Waals surface area contributed by atoms with Crippen molar-refractivity contribution in [3.8, 4) is 0 Å². The van der Waals surface area contributed by atoms with Gasteiger partial charge in [-0.15, -0.1) is 0 Å². The van der Waals surface area contributed by atoms with Gasteiger partial charge in [0.1, 0.15) is 28.4 Å². The van der Waals surface area contributed by atoms with Gasteiger partial charge in [-0.25, -0.2) is 53.0 Å². The first-order valence-electron chi connectivity index (χ1n) is 18.8. The smallest absolute Gasteiger partial charge is 0.224 e. The van der Waals surface area contributed by atoms with Crippen molar-refractivity contribution >= 4 is 88.4 Å². The average Bonchev–Trinajstić information content (AvgIpc) is 3.88. The van der Waals surface area contributed by atoms with Crippen molar-refractivity contribution in [3.63, 3.8) is 0 Å². The number of hydrogen-bond acceptors (Lipinski definition) is 16. The second kappa shape index (κ2) is 17.5. The number of nitrogens with one attached hydrogen (secondary N) is 2. The van der Waals surface area contributed by atoms with Gasteiger partial charge < -0.3 is 30.9 Å². The Balaban J connectivity index is 0.000000186. The summed E-state index contributed by atoms with van der Waals surface area (Å²) in [6.45, 7) is 1.51. The van der Waals surface area contributed by atoms with E-state index in [1.165, 1.54) is 45.7 Å². The van der Waals surface area contributed by atoms with E-state index in [9.17, 15) is 39.2 Å². The van der Waals surface area contributed by atoms with Crippen molar-refractivity contribution in [1.29, 1.82) is 0 Å². The molecule has 0 radical (unpaired) electrons. The molecular weight excluding hydrogens is 881 g/mol. The molecule has 62 heavy (non-hydrogen) atoms. The summed E-state index contributed by atoms with van der Waals surface area (Å²) in [6, 6.07) is 4.78. The summed E-state index contributed by atoms with van der Waals surface area (Å²) < 4.78 is 117. The predicted molar refractivity (Wildman–Crippen MR) is 226 cm³/mol. The highest BCUT2D eigenvalue weighted by molar-refractivity contribution is 7.88. The minimum atomic E-state index is -3.24. The highest BCUT2D eigenvalue weighted by atomic mass is 32.2. The number of nitrogen functional groups attached to an aromatic ring is 2. The highest BCUT2D eigenvalue weighted by Crippen LogP contribution is 2.31. The van der Waals surface area contributed by atoms with Crippen molar-refractivity contribution in [1.82, 2.24) is 28.5 Å². The molecule has 8 rings (SSSR count). The van der Waals surface area contributed by atoms with E-state index in [-0.39, 0.29) is 73.7 Å². The molecular formula is C38H38F4N10O7S3. The maximum Gasteiger partial charge on any atom is 0.224 e. The molecule has 0 aliphatic carbocycles. The van der Waals surface area contributed by atoms with Gasteiger partial charge in [-0.3, -0.25) is 4.79 Å². The summed E-state index contributed by atoms with van der Waals surface area (Å²) in [7, 11) is -6.45. The van der Waals surface area contributed by atoms with Crippen LogP contribution in [0.25, 0.3) is 21.9 Å². The normalized spacial score (nSPS) is 16.0. The fourth-order valence-electron chi connectivity index (χ4n) is 7.09. The van der Waals surface area contributed by atoms with Gasteiger partial charge in [-0.2, -0.15) is 9.97 Å². The zero-order chi connectivity index (χ0) is 44.7. The number of carbonyl (C=O) groups is 1. The first-order chi connectivity index (χ1) is 29.3. The Kier molecular flexibility index (Phi) is 12.5. The molecule has 6 N–H and O–H groups in total. The van der Waals surface area contributed by atoms with Crippen LogP contribution >= 0.6 is 12.2 Å². The number of nitrogens with two attached hydrogens (primary N) is 2. The summed E-state index contributed by atoms with van der Waals surface area (Å²) in [4.78, 5) is 29.3. The lowest BCUT2D eigenvalue weighted by Crippen LogP contribution is -2.42. The van der Waals surface area contributed by atoms with E-state index in [1.807, 2.05) is 0 Å².